The van der Waals surface area contributed by atoms with E-state index < -0.39 is 12.1 Å². The molecule has 35 heavy (non-hydrogen) atoms. The zero-order valence-corrected chi connectivity index (χ0v) is 21.6. The van der Waals surface area contributed by atoms with E-state index in [9.17, 15) is 15.0 Å². The molecule has 0 radical (unpaired) electrons. The monoisotopic (exact) mass is 538 g/mol. The fraction of sp³-hybridized carbons (Fsp3) is 0.269. The lowest BCUT2D eigenvalue weighted by Crippen LogP contribution is -2.37. The highest BCUT2D eigenvalue weighted by Crippen LogP contribution is 2.31. The van der Waals surface area contributed by atoms with Crippen molar-refractivity contribution < 1.29 is 19.7 Å². The van der Waals surface area contributed by atoms with Gasteiger partial charge in [0, 0.05) is 36.4 Å². The molecule has 0 aromatic heterocycles. The van der Waals surface area contributed by atoms with Crippen LogP contribution in [-0.4, -0.2) is 35.8 Å². The van der Waals surface area contributed by atoms with Crippen molar-refractivity contribution in [2.45, 2.75) is 31.4 Å². The van der Waals surface area contributed by atoms with Crippen molar-refractivity contribution in [2.75, 3.05) is 18.9 Å². The van der Waals surface area contributed by atoms with Crippen molar-refractivity contribution in [3.63, 3.8) is 0 Å². The van der Waals surface area contributed by atoms with Crippen LogP contribution in [0.25, 0.3) is 0 Å². The summed E-state index contributed by atoms with van der Waals surface area (Å²) in [6.07, 6.45) is 2.13. The minimum Gasteiger partial charge on any atom is -0.478 e. The van der Waals surface area contributed by atoms with E-state index in [1.165, 1.54) is 17.2 Å². The molecule has 0 saturated carbocycles. The van der Waals surface area contributed by atoms with Gasteiger partial charge in [0.2, 0.25) is 0 Å². The fourth-order valence-electron chi connectivity index (χ4n) is 4.14. The lowest BCUT2D eigenvalue weighted by Gasteiger charge is -2.27. The standard InChI is InChI=1S/C26H27ClN2O4.2ClH/c1-28-22-11-19(26(31)32)13-24(14-22)33-23-8-6-16-5-7-21(10-18(16)12-23)29-15-25(30)17-3-2-4-20(27)9-17;;/h2-4,6,8-9,11-14,21,25,28-30H,5,7,10,15H2,1H3,(H,31,32);2*1H/t21-,25+;;/m0../s1. The number of carboxylic acid groups (broad SMARTS) is 1. The summed E-state index contributed by atoms with van der Waals surface area (Å²) in [7, 11) is 1.74. The molecular formula is C26H29Cl3N2O4. The molecule has 188 valence electrons. The van der Waals surface area contributed by atoms with Gasteiger partial charge in [-0.2, -0.15) is 0 Å². The predicted molar refractivity (Wildman–Crippen MR) is 144 cm³/mol. The Labute approximate surface area is 222 Å². The molecule has 6 nitrogen and oxygen atoms in total. The molecule has 1 aliphatic carbocycles. The van der Waals surface area contributed by atoms with Gasteiger partial charge in [-0.15, -0.1) is 24.8 Å². The molecule has 0 bridgehead atoms. The van der Waals surface area contributed by atoms with E-state index in [1.807, 2.05) is 24.3 Å². The van der Waals surface area contributed by atoms with Crippen molar-refractivity contribution in [3.05, 3.63) is 87.9 Å². The van der Waals surface area contributed by atoms with Crippen LogP contribution < -0.4 is 15.4 Å². The molecule has 3 aromatic carbocycles. The van der Waals surface area contributed by atoms with Gasteiger partial charge in [0.15, 0.2) is 0 Å². The average Bonchev–Trinajstić information content (AvgIpc) is 2.82. The summed E-state index contributed by atoms with van der Waals surface area (Å²) in [6.45, 7) is 0.450. The number of carboxylic acids is 1. The van der Waals surface area contributed by atoms with Crippen LogP contribution in [0, 0.1) is 0 Å². The third kappa shape index (κ3) is 7.50. The number of hydrogen-bond acceptors (Lipinski definition) is 5. The van der Waals surface area contributed by atoms with E-state index in [-0.39, 0.29) is 36.4 Å². The number of rotatable bonds is 8. The summed E-state index contributed by atoms with van der Waals surface area (Å²) in [4.78, 5) is 11.4. The summed E-state index contributed by atoms with van der Waals surface area (Å²) in [5.41, 5.74) is 4.11. The first kappa shape index (κ1) is 28.8. The van der Waals surface area contributed by atoms with E-state index in [1.54, 1.807) is 31.3 Å². The first-order valence-corrected chi connectivity index (χ1v) is 11.3. The second-order valence-electron chi connectivity index (χ2n) is 8.25. The molecule has 0 heterocycles. The van der Waals surface area contributed by atoms with Crippen molar-refractivity contribution >= 4 is 48.1 Å². The summed E-state index contributed by atoms with van der Waals surface area (Å²) in [5, 5.41) is 26.9. The number of ether oxygens (including phenoxy) is 1. The summed E-state index contributed by atoms with van der Waals surface area (Å²) < 4.78 is 6.00. The maximum Gasteiger partial charge on any atom is 0.335 e. The van der Waals surface area contributed by atoms with Crippen molar-refractivity contribution in [1.29, 1.82) is 0 Å². The van der Waals surface area contributed by atoms with Gasteiger partial charge in [-0.05, 0) is 72.4 Å². The number of nitrogens with one attached hydrogen (secondary N) is 2. The van der Waals surface area contributed by atoms with E-state index in [0.717, 1.165) is 24.8 Å². The number of aryl methyl sites for hydroxylation is 1. The molecule has 0 spiro atoms. The average molecular weight is 540 g/mol. The number of aromatic carboxylic acids is 1. The summed E-state index contributed by atoms with van der Waals surface area (Å²) in [6, 6.07) is 18.4. The lowest BCUT2D eigenvalue weighted by molar-refractivity contribution is 0.0696. The normalized spacial score (nSPS) is 15.1. The molecular weight excluding hydrogens is 511 g/mol. The Morgan fingerprint density at radius 1 is 1.09 bits per heavy atom. The second kappa shape index (κ2) is 13.0. The number of carbonyl (C=O) groups is 1. The molecule has 0 fully saturated rings. The number of fused-ring (bicyclic) bond motifs is 1. The van der Waals surface area contributed by atoms with Gasteiger partial charge in [0.1, 0.15) is 11.5 Å². The molecule has 2 atom stereocenters. The highest BCUT2D eigenvalue weighted by molar-refractivity contribution is 6.30. The Morgan fingerprint density at radius 3 is 2.60 bits per heavy atom. The maximum atomic E-state index is 11.4. The van der Waals surface area contributed by atoms with Crippen molar-refractivity contribution in [3.8, 4) is 11.5 Å². The van der Waals surface area contributed by atoms with E-state index in [2.05, 4.69) is 16.7 Å². The zero-order chi connectivity index (χ0) is 23.4. The molecule has 9 heteroatoms. The Morgan fingerprint density at radius 2 is 1.89 bits per heavy atom. The second-order valence-corrected chi connectivity index (χ2v) is 8.69. The Bertz CT molecular complexity index is 1160. The Kier molecular flexibility index (Phi) is 10.7. The molecule has 4 N–H and O–H groups in total. The first-order valence-electron chi connectivity index (χ1n) is 10.9. The Hall–Kier alpha value is -2.48. The molecule has 0 amide bonds. The van der Waals surface area contributed by atoms with Gasteiger partial charge in [-0.3, -0.25) is 0 Å². The van der Waals surface area contributed by atoms with Crippen LogP contribution in [-0.2, 0) is 12.8 Å². The Balaban J connectivity index is 0.00000216. The minimum atomic E-state index is -1.00. The number of aliphatic hydroxyl groups is 1. The number of hydrogen-bond donors (Lipinski definition) is 4. The molecule has 0 unspecified atom stereocenters. The third-order valence-electron chi connectivity index (χ3n) is 5.92. The summed E-state index contributed by atoms with van der Waals surface area (Å²) in [5.74, 6) is 0.128. The SMILES string of the molecule is CNc1cc(Oc2ccc3c(c2)C[C@@H](NC[C@@H](O)c2cccc(Cl)c2)CC3)cc(C(=O)O)c1.Cl.Cl. The topological polar surface area (TPSA) is 90.8 Å². The number of anilines is 1. The van der Waals surface area contributed by atoms with Crippen LogP contribution >= 0.6 is 36.4 Å². The highest BCUT2D eigenvalue weighted by atomic mass is 35.5. The molecule has 0 saturated heterocycles. The predicted octanol–water partition coefficient (Wildman–Crippen LogP) is 5.90. The highest BCUT2D eigenvalue weighted by Gasteiger charge is 2.20. The van der Waals surface area contributed by atoms with Gasteiger partial charge in [0.25, 0.3) is 0 Å². The quantitative estimate of drug-likeness (QED) is 0.285. The largest absolute Gasteiger partial charge is 0.478 e. The van der Waals surface area contributed by atoms with E-state index in [4.69, 9.17) is 16.3 Å². The number of benzene rings is 3. The number of halogens is 3. The zero-order valence-electron chi connectivity index (χ0n) is 19.2. The molecule has 4 rings (SSSR count). The van der Waals surface area contributed by atoms with Crippen molar-refractivity contribution in [2.24, 2.45) is 0 Å². The lowest BCUT2D eigenvalue weighted by atomic mass is 9.88. The summed E-state index contributed by atoms with van der Waals surface area (Å²) >= 11 is 6.03. The van der Waals surface area contributed by atoms with Gasteiger partial charge in [-0.1, -0.05) is 29.8 Å². The smallest absolute Gasteiger partial charge is 0.335 e. The van der Waals surface area contributed by atoms with Crippen LogP contribution in [0.1, 0.15) is 39.6 Å². The van der Waals surface area contributed by atoms with E-state index in [0.29, 0.717) is 28.8 Å². The van der Waals surface area contributed by atoms with Crippen molar-refractivity contribution in [1.82, 2.24) is 5.32 Å². The van der Waals surface area contributed by atoms with Gasteiger partial charge in [0.05, 0.1) is 11.7 Å². The third-order valence-corrected chi connectivity index (χ3v) is 6.15. The van der Waals surface area contributed by atoms with Gasteiger partial charge >= 0.3 is 5.97 Å². The van der Waals surface area contributed by atoms with Crippen LogP contribution in [0.5, 0.6) is 11.5 Å². The maximum absolute atomic E-state index is 11.4. The molecule has 0 aliphatic heterocycles. The van der Waals surface area contributed by atoms with Crippen LogP contribution in [0.15, 0.2) is 60.7 Å². The molecule has 1 aliphatic rings. The van der Waals surface area contributed by atoms with Gasteiger partial charge in [-0.25, -0.2) is 4.79 Å². The molecule has 3 aromatic rings. The van der Waals surface area contributed by atoms with E-state index >= 15 is 0 Å². The van der Waals surface area contributed by atoms with Crippen LogP contribution in [0.4, 0.5) is 5.69 Å². The van der Waals surface area contributed by atoms with Crippen LogP contribution in [0.2, 0.25) is 5.02 Å². The fourth-order valence-corrected chi connectivity index (χ4v) is 4.34. The first-order chi connectivity index (χ1) is 15.9. The minimum absolute atomic E-state index is 0. The number of aliphatic hydroxyl groups excluding tert-OH is 1. The van der Waals surface area contributed by atoms with Crippen LogP contribution in [0.3, 0.4) is 0 Å². The van der Waals surface area contributed by atoms with Gasteiger partial charge < -0.3 is 25.6 Å².